The molecule has 184 valence electrons. The van der Waals surface area contributed by atoms with Gasteiger partial charge < -0.3 is 19.5 Å². The standard InChI is InChI=1S/C26H29ClN4O4/c1-4-9-20-23(25(32)34-6-3)24(31-26(30-20)28-16-29-31)17-12-13-21(22(14-17)33-5-2)35-15-18-10-7-8-11-19(18)27/h7-8,10-14,16,24H,4-6,9,15H2,1-3H3,(H,28,29,30)/t24-/m1/s1. The Labute approximate surface area is 209 Å². The Morgan fingerprint density at radius 3 is 2.66 bits per heavy atom. The van der Waals surface area contributed by atoms with Crippen LogP contribution >= 0.6 is 11.6 Å². The van der Waals surface area contributed by atoms with Gasteiger partial charge in [0.05, 0.1) is 18.8 Å². The van der Waals surface area contributed by atoms with E-state index in [0.29, 0.717) is 47.7 Å². The molecular formula is C26H29ClN4O4. The first kappa shape index (κ1) is 24.6. The Hall–Kier alpha value is -3.52. The van der Waals surface area contributed by atoms with Crippen molar-refractivity contribution in [2.45, 2.75) is 46.3 Å². The molecule has 0 unspecified atom stereocenters. The molecule has 0 saturated carbocycles. The second-order valence-corrected chi connectivity index (χ2v) is 8.34. The number of allylic oxidation sites excluding steroid dienone is 1. The van der Waals surface area contributed by atoms with Gasteiger partial charge in [-0.15, -0.1) is 0 Å². The van der Waals surface area contributed by atoms with Gasteiger partial charge in [-0.2, -0.15) is 10.1 Å². The highest BCUT2D eigenvalue weighted by molar-refractivity contribution is 6.31. The number of ether oxygens (including phenoxy) is 3. The van der Waals surface area contributed by atoms with Crippen molar-refractivity contribution in [1.82, 2.24) is 14.8 Å². The van der Waals surface area contributed by atoms with Gasteiger partial charge in [0.25, 0.3) is 0 Å². The zero-order valence-electron chi connectivity index (χ0n) is 20.1. The van der Waals surface area contributed by atoms with E-state index in [4.69, 9.17) is 25.8 Å². The van der Waals surface area contributed by atoms with Gasteiger partial charge in [0, 0.05) is 16.3 Å². The van der Waals surface area contributed by atoms with E-state index in [1.54, 1.807) is 11.6 Å². The van der Waals surface area contributed by atoms with Crippen molar-refractivity contribution in [3.63, 3.8) is 0 Å². The van der Waals surface area contributed by atoms with Crippen molar-refractivity contribution < 1.29 is 19.0 Å². The number of nitrogens with zero attached hydrogens (tertiary/aromatic N) is 3. The first-order chi connectivity index (χ1) is 17.1. The van der Waals surface area contributed by atoms with Gasteiger partial charge in [0.2, 0.25) is 5.95 Å². The highest BCUT2D eigenvalue weighted by atomic mass is 35.5. The molecule has 35 heavy (non-hydrogen) atoms. The summed E-state index contributed by atoms with van der Waals surface area (Å²) < 4.78 is 19.1. The van der Waals surface area contributed by atoms with Gasteiger partial charge in [0.15, 0.2) is 11.5 Å². The molecule has 2 aromatic carbocycles. The third-order valence-corrected chi connectivity index (χ3v) is 5.97. The molecule has 4 rings (SSSR count). The van der Waals surface area contributed by atoms with Crippen molar-refractivity contribution in [2.75, 3.05) is 18.5 Å². The van der Waals surface area contributed by atoms with E-state index >= 15 is 0 Å². The average Bonchev–Trinajstić information content (AvgIpc) is 3.32. The first-order valence-corrected chi connectivity index (χ1v) is 12.1. The summed E-state index contributed by atoms with van der Waals surface area (Å²) >= 11 is 6.28. The Morgan fingerprint density at radius 1 is 1.09 bits per heavy atom. The first-order valence-electron chi connectivity index (χ1n) is 11.8. The van der Waals surface area contributed by atoms with E-state index in [9.17, 15) is 4.79 Å². The van der Waals surface area contributed by atoms with Gasteiger partial charge in [-0.05, 0) is 44.0 Å². The van der Waals surface area contributed by atoms with Crippen LogP contribution in [0.1, 0.15) is 50.8 Å². The predicted octanol–water partition coefficient (Wildman–Crippen LogP) is 5.54. The van der Waals surface area contributed by atoms with Crippen LogP contribution in [0.4, 0.5) is 5.95 Å². The van der Waals surface area contributed by atoms with Crippen LogP contribution in [0, 0.1) is 0 Å². The number of benzene rings is 2. The summed E-state index contributed by atoms with van der Waals surface area (Å²) in [7, 11) is 0. The van der Waals surface area contributed by atoms with Crippen LogP contribution in [0.25, 0.3) is 0 Å². The molecule has 9 heteroatoms. The van der Waals surface area contributed by atoms with E-state index in [2.05, 4.69) is 22.3 Å². The zero-order valence-corrected chi connectivity index (χ0v) is 20.8. The summed E-state index contributed by atoms with van der Waals surface area (Å²) in [4.78, 5) is 17.5. The number of anilines is 1. The fraction of sp³-hybridized carbons (Fsp3) is 0.346. The summed E-state index contributed by atoms with van der Waals surface area (Å²) in [5, 5.41) is 8.30. The van der Waals surface area contributed by atoms with Crippen LogP contribution in [-0.2, 0) is 16.1 Å². The fourth-order valence-electron chi connectivity index (χ4n) is 4.07. The van der Waals surface area contributed by atoms with Crippen LogP contribution < -0.4 is 14.8 Å². The molecule has 3 aromatic rings. The molecule has 2 heterocycles. The Bertz CT molecular complexity index is 1220. The Kier molecular flexibility index (Phi) is 7.92. The number of carbonyl (C=O) groups excluding carboxylic acids is 1. The minimum atomic E-state index is -0.522. The van der Waals surface area contributed by atoms with E-state index in [-0.39, 0.29) is 12.6 Å². The number of esters is 1. The lowest BCUT2D eigenvalue weighted by Crippen LogP contribution is -2.30. The summed E-state index contributed by atoms with van der Waals surface area (Å²) in [6, 6.07) is 12.7. The monoisotopic (exact) mass is 496 g/mol. The van der Waals surface area contributed by atoms with Crippen molar-refractivity contribution in [1.29, 1.82) is 0 Å². The van der Waals surface area contributed by atoms with Crippen molar-refractivity contribution in [2.24, 2.45) is 0 Å². The van der Waals surface area contributed by atoms with Gasteiger partial charge in [0.1, 0.15) is 19.0 Å². The normalized spacial score (nSPS) is 14.8. The van der Waals surface area contributed by atoms with Crippen molar-refractivity contribution >= 4 is 23.5 Å². The number of fused-ring (bicyclic) bond motifs is 1. The van der Waals surface area contributed by atoms with Crippen LogP contribution in [0.15, 0.2) is 60.1 Å². The van der Waals surface area contributed by atoms with E-state index < -0.39 is 6.04 Å². The lowest BCUT2D eigenvalue weighted by molar-refractivity contribution is -0.139. The molecule has 0 saturated heterocycles. The van der Waals surface area contributed by atoms with Crippen molar-refractivity contribution in [3.05, 3.63) is 76.2 Å². The van der Waals surface area contributed by atoms with E-state index in [1.165, 1.54) is 6.33 Å². The number of halogens is 1. The molecule has 1 atom stereocenters. The maximum Gasteiger partial charge on any atom is 0.338 e. The molecule has 0 bridgehead atoms. The molecule has 1 aromatic heterocycles. The fourth-order valence-corrected chi connectivity index (χ4v) is 4.26. The maximum absolute atomic E-state index is 13.1. The van der Waals surface area contributed by atoms with Gasteiger partial charge in [-0.25, -0.2) is 9.48 Å². The summed E-state index contributed by atoms with van der Waals surface area (Å²) in [5.41, 5.74) is 2.99. The average molecular weight is 497 g/mol. The molecule has 0 aliphatic carbocycles. The summed E-state index contributed by atoms with van der Waals surface area (Å²) in [6.07, 6.45) is 3.00. The molecule has 0 fully saturated rings. The highest BCUT2D eigenvalue weighted by Crippen LogP contribution is 2.40. The SMILES string of the molecule is CCCC1=C(C(=O)OCC)[C@@H](c2ccc(OCc3ccccc3Cl)c(OCC)c2)n2ncnc2N1. The molecular weight excluding hydrogens is 468 g/mol. The highest BCUT2D eigenvalue weighted by Gasteiger charge is 2.35. The number of carbonyl (C=O) groups is 1. The number of hydrogen-bond donors (Lipinski definition) is 1. The number of rotatable bonds is 10. The predicted molar refractivity (Wildman–Crippen MR) is 134 cm³/mol. The third-order valence-electron chi connectivity index (χ3n) is 5.60. The Balaban J connectivity index is 1.74. The van der Waals surface area contributed by atoms with Gasteiger partial charge in [-0.1, -0.05) is 49.2 Å². The van der Waals surface area contributed by atoms with Crippen LogP contribution in [0.3, 0.4) is 0 Å². The van der Waals surface area contributed by atoms with Crippen LogP contribution in [-0.4, -0.2) is 33.9 Å². The Morgan fingerprint density at radius 2 is 1.91 bits per heavy atom. The topological polar surface area (TPSA) is 87.5 Å². The molecule has 1 aliphatic rings. The quantitative estimate of drug-likeness (QED) is 0.368. The molecule has 0 amide bonds. The smallest absolute Gasteiger partial charge is 0.338 e. The van der Waals surface area contributed by atoms with Crippen LogP contribution in [0.5, 0.6) is 11.5 Å². The minimum absolute atomic E-state index is 0.275. The van der Waals surface area contributed by atoms with E-state index in [1.807, 2.05) is 49.4 Å². The van der Waals surface area contributed by atoms with Crippen molar-refractivity contribution in [3.8, 4) is 11.5 Å². The molecule has 8 nitrogen and oxygen atoms in total. The maximum atomic E-state index is 13.1. The summed E-state index contributed by atoms with van der Waals surface area (Å²) in [6.45, 7) is 6.79. The lowest BCUT2D eigenvalue weighted by Gasteiger charge is -2.29. The van der Waals surface area contributed by atoms with Crippen LogP contribution in [0.2, 0.25) is 5.02 Å². The zero-order chi connectivity index (χ0) is 24.8. The molecule has 0 radical (unpaired) electrons. The van der Waals surface area contributed by atoms with Gasteiger partial charge >= 0.3 is 5.97 Å². The second kappa shape index (κ2) is 11.3. The lowest BCUT2D eigenvalue weighted by atomic mass is 9.93. The number of nitrogens with one attached hydrogen (secondary N) is 1. The van der Waals surface area contributed by atoms with E-state index in [0.717, 1.165) is 23.2 Å². The largest absolute Gasteiger partial charge is 0.490 e. The minimum Gasteiger partial charge on any atom is -0.490 e. The number of aromatic nitrogens is 3. The number of hydrogen-bond acceptors (Lipinski definition) is 7. The molecule has 0 spiro atoms. The molecule has 1 N–H and O–H groups in total. The molecule has 1 aliphatic heterocycles. The van der Waals surface area contributed by atoms with Gasteiger partial charge in [-0.3, -0.25) is 0 Å². The summed E-state index contributed by atoms with van der Waals surface area (Å²) in [5.74, 6) is 1.34. The second-order valence-electron chi connectivity index (χ2n) is 7.94. The third kappa shape index (κ3) is 5.27.